The van der Waals surface area contributed by atoms with E-state index in [2.05, 4.69) is 11.9 Å². The summed E-state index contributed by atoms with van der Waals surface area (Å²) in [6.45, 7) is 8.20. The van der Waals surface area contributed by atoms with Crippen LogP contribution in [0.15, 0.2) is 43.0 Å². The van der Waals surface area contributed by atoms with Gasteiger partial charge in [-0.25, -0.2) is 4.79 Å². The van der Waals surface area contributed by atoms with Gasteiger partial charge in [-0.3, -0.25) is 24.0 Å². The summed E-state index contributed by atoms with van der Waals surface area (Å²) >= 11 is 0. The van der Waals surface area contributed by atoms with Crippen LogP contribution in [-0.4, -0.2) is 124 Å². The molecule has 10 atom stereocenters. The molecule has 2 saturated heterocycles. The number of methoxy groups -OCH3 is 1. The van der Waals surface area contributed by atoms with Gasteiger partial charge in [0.05, 0.1) is 13.2 Å². The normalized spacial score (nSPS) is 28.3. The minimum atomic E-state index is -1.72. The highest BCUT2D eigenvalue weighted by molar-refractivity contribution is 5.73. The van der Waals surface area contributed by atoms with Gasteiger partial charge in [0.1, 0.15) is 37.6 Å². The Hall–Kier alpha value is -4.62. The summed E-state index contributed by atoms with van der Waals surface area (Å²) in [5.41, 5.74) is 0.815. The number of hydrogen-bond acceptors (Lipinski definition) is 17. The number of carbonyl (C=O) groups is 6. The molecule has 0 saturated carbocycles. The van der Waals surface area contributed by atoms with E-state index in [4.69, 9.17) is 52.1 Å². The largest absolute Gasteiger partial charge is 0.509 e. The Labute approximate surface area is 300 Å². The molecule has 1 aromatic rings. The Morgan fingerprint density at radius 3 is 1.88 bits per heavy atom. The van der Waals surface area contributed by atoms with Gasteiger partial charge in [0.25, 0.3) is 0 Å². The zero-order valence-corrected chi connectivity index (χ0v) is 29.7. The lowest BCUT2D eigenvalue weighted by atomic mass is 9.94. The number of amides is 1. The molecule has 0 radical (unpaired) electrons. The first kappa shape index (κ1) is 41.8. The minimum Gasteiger partial charge on any atom is -0.463 e. The van der Waals surface area contributed by atoms with Crippen LogP contribution in [0.3, 0.4) is 0 Å². The number of carbonyl (C=O) groups excluding carboxylic acids is 6. The van der Waals surface area contributed by atoms with Gasteiger partial charge < -0.3 is 57.4 Å². The maximum atomic E-state index is 12.9. The van der Waals surface area contributed by atoms with Gasteiger partial charge in [0, 0.05) is 41.7 Å². The van der Waals surface area contributed by atoms with Gasteiger partial charge >= 0.3 is 30.0 Å². The number of benzene rings is 1. The van der Waals surface area contributed by atoms with Gasteiger partial charge in [-0.1, -0.05) is 43.0 Å². The Bertz CT molecular complexity index is 1390. The fourth-order valence-electron chi connectivity index (χ4n) is 5.52. The van der Waals surface area contributed by atoms with Crippen LogP contribution in [0.1, 0.15) is 40.2 Å². The molecule has 288 valence electrons. The molecule has 1 N–H and O–H groups in total. The monoisotopic (exact) mass is 739 g/mol. The van der Waals surface area contributed by atoms with Crippen LogP contribution < -0.4 is 5.32 Å². The number of nitrogens with one attached hydrogen (secondary N) is 1. The molecule has 0 aromatic heterocycles. The van der Waals surface area contributed by atoms with Crippen molar-refractivity contribution in [3.8, 4) is 0 Å². The molecule has 0 unspecified atom stereocenters. The van der Waals surface area contributed by atoms with Crippen molar-refractivity contribution in [2.45, 2.75) is 103 Å². The molecule has 0 bridgehead atoms. The van der Waals surface area contributed by atoms with Crippen LogP contribution in [0.4, 0.5) is 4.79 Å². The molecule has 0 aliphatic carbocycles. The van der Waals surface area contributed by atoms with Crippen LogP contribution in [0.2, 0.25) is 0 Å². The SMILES string of the molecule is C=CCOC(=O)O[C@@H]1[C@@H](NC(C)=O)[C@H](OC)O[C@H](COCc2ccccc2)[C@H]1O[C@@H]1O[C@H](COC(C)=O)[C@@H](OC(C)=O)[C@H](OC(C)=O)[C@H]1OC(C)=O. The maximum Gasteiger partial charge on any atom is 0.509 e. The molecule has 18 heteroatoms. The van der Waals surface area contributed by atoms with Crippen molar-refractivity contribution in [2.24, 2.45) is 0 Å². The smallest absolute Gasteiger partial charge is 0.463 e. The lowest BCUT2D eigenvalue weighted by molar-refractivity contribution is -0.349. The molecule has 3 rings (SSSR count). The summed E-state index contributed by atoms with van der Waals surface area (Å²) < 4.78 is 62.8. The highest BCUT2D eigenvalue weighted by Crippen LogP contribution is 2.35. The van der Waals surface area contributed by atoms with E-state index in [9.17, 15) is 28.8 Å². The number of ether oxygens (including phenoxy) is 11. The summed E-state index contributed by atoms with van der Waals surface area (Å²) in [4.78, 5) is 74.2. The Kier molecular flexibility index (Phi) is 16.4. The van der Waals surface area contributed by atoms with E-state index in [-0.39, 0.29) is 19.8 Å². The molecular weight excluding hydrogens is 694 g/mol. The zero-order valence-electron chi connectivity index (χ0n) is 29.7. The molecule has 2 fully saturated rings. The molecule has 2 aliphatic heterocycles. The lowest BCUT2D eigenvalue weighted by Crippen LogP contribution is -2.69. The van der Waals surface area contributed by atoms with Gasteiger partial charge in [0.2, 0.25) is 5.91 Å². The van der Waals surface area contributed by atoms with Gasteiger partial charge in [-0.2, -0.15) is 0 Å². The first-order valence-electron chi connectivity index (χ1n) is 16.2. The highest BCUT2D eigenvalue weighted by Gasteiger charge is 2.57. The fraction of sp³-hybridized carbons (Fsp3) is 0.588. The van der Waals surface area contributed by atoms with Crippen molar-refractivity contribution >= 4 is 35.9 Å². The van der Waals surface area contributed by atoms with E-state index in [0.717, 1.165) is 33.3 Å². The Morgan fingerprint density at radius 1 is 0.712 bits per heavy atom. The average Bonchev–Trinajstić information content (AvgIpc) is 3.07. The quantitative estimate of drug-likeness (QED) is 0.143. The van der Waals surface area contributed by atoms with Gasteiger partial charge in [-0.05, 0) is 5.56 Å². The van der Waals surface area contributed by atoms with Crippen LogP contribution in [0.5, 0.6) is 0 Å². The second kappa shape index (κ2) is 20.4. The molecule has 1 aromatic carbocycles. The molecular formula is C34H45NO17. The molecule has 52 heavy (non-hydrogen) atoms. The summed E-state index contributed by atoms with van der Waals surface area (Å²) in [5, 5.41) is 2.64. The highest BCUT2D eigenvalue weighted by atomic mass is 16.8. The topological polar surface area (TPSA) is 216 Å². The summed E-state index contributed by atoms with van der Waals surface area (Å²) in [6.07, 6.45) is -13.0. The van der Waals surface area contributed by atoms with Crippen molar-refractivity contribution < 1.29 is 80.9 Å². The van der Waals surface area contributed by atoms with Gasteiger partial charge in [-0.15, -0.1) is 0 Å². The number of esters is 4. The summed E-state index contributed by atoms with van der Waals surface area (Å²) in [6, 6.07) is 7.91. The standard InChI is InChI=1S/C34H45NO17/c1-8-14-44-34(41)52-29-26(35-18(2)36)32(42-7)49-24(16-43-15-23-12-10-9-11-13-23)27(29)51-33-31(48-22(6)40)30(47-21(5)39)28(46-20(4)38)25(50-33)17-45-19(3)37/h8-13,24-33H,1,14-17H2,2-7H3,(H,35,36)/t24-,25-,26-,27-,28-,29-,30+,31-,32-,33+/m1/s1. The van der Waals surface area contributed by atoms with Crippen LogP contribution in [-0.2, 0) is 82.7 Å². The van der Waals surface area contributed by atoms with Crippen LogP contribution in [0.25, 0.3) is 0 Å². The molecule has 1 amide bonds. The van der Waals surface area contributed by atoms with E-state index >= 15 is 0 Å². The molecule has 0 spiro atoms. The van der Waals surface area contributed by atoms with E-state index in [0.29, 0.717) is 0 Å². The lowest BCUT2D eigenvalue weighted by Gasteiger charge is -2.49. The fourth-order valence-corrected chi connectivity index (χ4v) is 5.52. The third-order valence-electron chi connectivity index (χ3n) is 7.43. The number of rotatable bonds is 16. The van der Waals surface area contributed by atoms with Gasteiger partial charge in [0.15, 0.2) is 37.0 Å². The number of hydrogen-bond donors (Lipinski definition) is 1. The third-order valence-corrected chi connectivity index (χ3v) is 7.43. The predicted molar refractivity (Wildman–Crippen MR) is 173 cm³/mol. The zero-order chi connectivity index (χ0) is 38.4. The van der Waals surface area contributed by atoms with Crippen LogP contribution >= 0.6 is 0 Å². The first-order chi connectivity index (χ1) is 24.7. The van der Waals surface area contributed by atoms with Crippen molar-refractivity contribution in [1.82, 2.24) is 5.32 Å². The summed E-state index contributed by atoms with van der Waals surface area (Å²) in [7, 11) is 1.30. The van der Waals surface area contributed by atoms with Crippen molar-refractivity contribution in [1.29, 1.82) is 0 Å². The Balaban J connectivity index is 2.14. The first-order valence-corrected chi connectivity index (χ1v) is 16.2. The van der Waals surface area contributed by atoms with E-state index in [1.54, 1.807) is 0 Å². The van der Waals surface area contributed by atoms with Crippen LogP contribution in [0, 0.1) is 0 Å². The van der Waals surface area contributed by atoms with E-state index in [1.165, 1.54) is 20.1 Å². The van der Waals surface area contributed by atoms with Crippen molar-refractivity contribution in [2.75, 3.05) is 26.9 Å². The second-order valence-corrected chi connectivity index (χ2v) is 11.6. The molecule has 2 heterocycles. The van der Waals surface area contributed by atoms with Crippen molar-refractivity contribution in [3.63, 3.8) is 0 Å². The maximum absolute atomic E-state index is 12.9. The van der Waals surface area contributed by atoms with E-state index < -0.39 is 104 Å². The molecule has 18 nitrogen and oxygen atoms in total. The average molecular weight is 740 g/mol. The third kappa shape index (κ3) is 12.6. The summed E-state index contributed by atoms with van der Waals surface area (Å²) in [5.74, 6) is -3.85. The van der Waals surface area contributed by atoms with Crippen molar-refractivity contribution in [3.05, 3.63) is 48.6 Å². The predicted octanol–water partition coefficient (Wildman–Crippen LogP) is 1.26. The molecule has 2 aliphatic rings. The van der Waals surface area contributed by atoms with E-state index in [1.807, 2.05) is 30.3 Å². The Morgan fingerprint density at radius 2 is 1.31 bits per heavy atom. The second-order valence-electron chi connectivity index (χ2n) is 11.6. The minimum absolute atomic E-state index is 0.117.